The second-order valence-corrected chi connectivity index (χ2v) is 6.28. The van der Waals surface area contributed by atoms with Gasteiger partial charge in [0.15, 0.2) is 11.0 Å². The maximum Gasteiger partial charge on any atom is 0.172 e. The van der Waals surface area contributed by atoms with E-state index >= 15 is 0 Å². The van der Waals surface area contributed by atoms with Gasteiger partial charge in [0.2, 0.25) is 0 Å². The molecule has 1 saturated carbocycles. The molecule has 0 amide bonds. The van der Waals surface area contributed by atoms with Crippen molar-refractivity contribution in [2.45, 2.75) is 50.8 Å². The Labute approximate surface area is 112 Å². The van der Waals surface area contributed by atoms with Crippen molar-refractivity contribution in [1.82, 2.24) is 0 Å². The molecule has 2 rings (SSSR count). The van der Waals surface area contributed by atoms with Gasteiger partial charge in [-0.05, 0) is 44.7 Å². The molecule has 1 atom stereocenters. The van der Waals surface area contributed by atoms with Gasteiger partial charge in [-0.25, -0.2) is 4.21 Å². The summed E-state index contributed by atoms with van der Waals surface area (Å²) >= 11 is 0. The molecule has 0 bridgehead atoms. The second-order valence-electron chi connectivity index (χ2n) is 5.13. The van der Waals surface area contributed by atoms with Crippen LogP contribution in [0.4, 0.5) is 0 Å². The van der Waals surface area contributed by atoms with Gasteiger partial charge in [-0.3, -0.25) is 0 Å². The first-order valence-corrected chi connectivity index (χ1v) is 7.81. The number of rotatable bonds is 3. The van der Waals surface area contributed by atoms with Crippen LogP contribution in [0.2, 0.25) is 0 Å². The quantitative estimate of drug-likeness (QED) is 0.756. The first kappa shape index (κ1) is 13.5. The molecule has 98 valence electrons. The summed E-state index contributed by atoms with van der Waals surface area (Å²) in [5, 5.41) is 0. The molecule has 0 saturated heterocycles. The molecular formula is C15H21NOS. The van der Waals surface area contributed by atoms with Crippen LogP contribution in [0.3, 0.4) is 0 Å². The van der Waals surface area contributed by atoms with Crippen LogP contribution in [0, 0.1) is 12.8 Å². The van der Waals surface area contributed by atoms with E-state index in [0.29, 0.717) is 5.92 Å². The third-order valence-electron chi connectivity index (χ3n) is 3.65. The predicted molar refractivity (Wildman–Crippen MR) is 77.3 cm³/mol. The number of nitrogens with zero attached hydrogens (tertiary/aromatic N) is 1. The third kappa shape index (κ3) is 3.52. The Bertz CT molecular complexity index is 444. The fraction of sp³-hybridized carbons (Fsp3) is 0.533. The average Bonchev–Trinajstić information content (AvgIpc) is 2.40. The van der Waals surface area contributed by atoms with Crippen molar-refractivity contribution < 1.29 is 4.21 Å². The molecule has 3 heteroatoms. The summed E-state index contributed by atoms with van der Waals surface area (Å²) in [5.41, 5.74) is 2.25. The molecule has 0 unspecified atom stereocenters. The summed E-state index contributed by atoms with van der Waals surface area (Å²) in [5.74, 6) is 0.549. The van der Waals surface area contributed by atoms with E-state index in [1.54, 1.807) is 0 Å². The second kappa shape index (κ2) is 6.28. The number of hydrogen-bond donors (Lipinski definition) is 0. The first-order chi connectivity index (χ1) is 8.66. The van der Waals surface area contributed by atoms with Crippen LogP contribution in [0.1, 0.15) is 44.6 Å². The van der Waals surface area contributed by atoms with Crippen molar-refractivity contribution in [3.63, 3.8) is 0 Å². The minimum atomic E-state index is -1.24. The van der Waals surface area contributed by atoms with Gasteiger partial charge in [0.05, 0.1) is 4.90 Å². The summed E-state index contributed by atoms with van der Waals surface area (Å²) in [6.45, 7) is 4.06. The van der Waals surface area contributed by atoms with Crippen LogP contribution in [-0.2, 0) is 11.0 Å². The lowest BCUT2D eigenvalue weighted by molar-refractivity contribution is 0.439. The normalized spacial score (nSPS) is 19.8. The lowest BCUT2D eigenvalue weighted by Gasteiger charge is -2.20. The zero-order valence-electron chi connectivity index (χ0n) is 11.2. The van der Waals surface area contributed by atoms with Crippen LogP contribution in [0.15, 0.2) is 33.6 Å². The number of hydrogen-bond acceptors (Lipinski definition) is 1. The Morgan fingerprint density at radius 1 is 1.17 bits per heavy atom. The number of benzene rings is 1. The lowest BCUT2D eigenvalue weighted by atomic mass is 9.86. The molecule has 1 fully saturated rings. The van der Waals surface area contributed by atoms with E-state index in [1.807, 2.05) is 38.1 Å². The van der Waals surface area contributed by atoms with Crippen LogP contribution < -0.4 is 0 Å². The van der Waals surface area contributed by atoms with Crippen LogP contribution in [0.25, 0.3) is 0 Å². The van der Waals surface area contributed by atoms with E-state index in [1.165, 1.54) is 37.7 Å². The van der Waals surface area contributed by atoms with Crippen molar-refractivity contribution in [3.05, 3.63) is 29.8 Å². The minimum Gasteiger partial charge on any atom is -0.229 e. The molecule has 0 heterocycles. The molecule has 0 spiro atoms. The fourth-order valence-corrected chi connectivity index (χ4v) is 3.32. The summed E-state index contributed by atoms with van der Waals surface area (Å²) in [6, 6.07) is 7.78. The van der Waals surface area contributed by atoms with E-state index in [9.17, 15) is 4.21 Å². The van der Waals surface area contributed by atoms with Crippen molar-refractivity contribution >= 4 is 16.7 Å². The minimum absolute atomic E-state index is 0.549. The highest BCUT2D eigenvalue weighted by atomic mass is 32.2. The molecule has 0 aliphatic heterocycles. The van der Waals surface area contributed by atoms with Crippen molar-refractivity contribution in [3.8, 4) is 0 Å². The monoisotopic (exact) mass is 263 g/mol. The van der Waals surface area contributed by atoms with Gasteiger partial charge < -0.3 is 0 Å². The fourth-order valence-electron chi connectivity index (χ4n) is 2.43. The Morgan fingerprint density at radius 3 is 2.39 bits per heavy atom. The Hall–Kier alpha value is -0.960. The average molecular weight is 263 g/mol. The lowest BCUT2D eigenvalue weighted by Crippen LogP contribution is -2.15. The largest absolute Gasteiger partial charge is 0.229 e. The summed E-state index contributed by atoms with van der Waals surface area (Å²) in [7, 11) is -1.24. The van der Waals surface area contributed by atoms with E-state index in [2.05, 4.69) is 4.40 Å². The topological polar surface area (TPSA) is 29.4 Å². The number of aryl methyl sites for hydroxylation is 1. The standard InChI is InChI=1S/C15H21NOS/c1-12-8-10-15(11-9-12)18(17)16-13(2)14-6-4-3-5-7-14/h8-11,14H,3-7H2,1-2H3/b16-13+/t18-/m0/s1. The van der Waals surface area contributed by atoms with Gasteiger partial charge in [0, 0.05) is 5.71 Å². The van der Waals surface area contributed by atoms with Gasteiger partial charge in [0.1, 0.15) is 0 Å². The predicted octanol–water partition coefficient (Wildman–Crippen LogP) is 4.06. The molecule has 1 aromatic rings. The van der Waals surface area contributed by atoms with Gasteiger partial charge in [-0.15, -0.1) is 0 Å². The van der Waals surface area contributed by atoms with E-state index in [0.717, 1.165) is 10.6 Å². The van der Waals surface area contributed by atoms with E-state index in [4.69, 9.17) is 0 Å². The van der Waals surface area contributed by atoms with Crippen LogP contribution in [-0.4, -0.2) is 9.92 Å². The van der Waals surface area contributed by atoms with Gasteiger partial charge in [-0.1, -0.05) is 37.0 Å². The maximum atomic E-state index is 12.1. The zero-order chi connectivity index (χ0) is 13.0. The van der Waals surface area contributed by atoms with Gasteiger partial charge in [-0.2, -0.15) is 4.40 Å². The molecule has 0 radical (unpaired) electrons. The molecule has 0 aromatic heterocycles. The molecule has 0 N–H and O–H groups in total. The SMILES string of the molecule is C/C(=N\[S@@](=O)c1ccc(C)cc1)C1CCCCC1. The molecule has 18 heavy (non-hydrogen) atoms. The van der Waals surface area contributed by atoms with E-state index < -0.39 is 11.0 Å². The van der Waals surface area contributed by atoms with Crippen molar-refractivity contribution in [2.24, 2.45) is 10.3 Å². The van der Waals surface area contributed by atoms with Gasteiger partial charge >= 0.3 is 0 Å². The van der Waals surface area contributed by atoms with Gasteiger partial charge in [0.25, 0.3) is 0 Å². The highest BCUT2D eigenvalue weighted by Gasteiger charge is 2.17. The smallest absolute Gasteiger partial charge is 0.172 e. The highest BCUT2D eigenvalue weighted by Crippen LogP contribution is 2.25. The van der Waals surface area contributed by atoms with Crippen molar-refractivity contribution in [1.29, 1.82) is 0 Å². The summed E-state index contributed by atoms with van der Waals surface area (Å²) in [4.78, 5) is 0.802. The maximum absolute atomic E-state index is 12.1. The Balaban J connectivity index is 2.06. The van der Waals surface area contributed by atoms with Crippen LogP contribution >= 0.6 is 0 Å². The highest BCUT2D eigenvalue weighted by molar-refractivity contribution is 7.83. The molecule has 1 aliphatic carbocycles. The first-order valence-electron chi connectivity index (χ1n) is 6.70. The summed E-state index contributed by atoms with van der Waals surface area (Å²) in [6.07, 6.45) is 6.33. The summed E-state index contributed by atoms with van der Waals surface area (Å²) < 4.78 is 16.5. The third-order valence-corrected chi connectivity index (χ3v) is 4.77. The molecule has 1 aliphatic rings. The Morgan fingerprint density at radius 2 is 1.78 bits per heavy atom. The molecule has 2 nitrogen and oxygen atoms in total. The molecule has 1 aromatic carbocycles. The van der Waals surface area contributed by atoms with Crippen LogP contribution in [0.5, 0.6) is 0 Å². The Kier molecular flexibility index (Phi) is 4.70. The van der Waals surface area contributed by atoms with E-state index in [-0.39, 0.29) is 0 Å². The zero-order valence-corrected chi connectivity index (χ0v) is 12.0. The molecular weight excluding hydrogens is 242 g/mol. The van der Waals surface area contributed by atoms with Crippen molar-refractivity contribution in [2.75, 3.05) is 0 Å².